The van der Waals surface area contributed by atoms with Crippen LogP contribution in [-0.4, -0.2) is 69.0 Å². The molecule has 1 heterocycles. The van der Waals surface area contributed by atoms with Gasteiger partial charge in [-0.15, -0.1) is 0 Å². The van der Waals surface area contributed by atoms with Crippen molar-refractivity contribution < 1.29 is 34.2 Å². The molecule has 218 valence electrons. The first-order valence-electron chi connectivity index (χ1n) is 12.9. The number of aliphatic carboxylic acids is 1. The Hall–Kier alpha value is -4.91. The van der Waals surface area contributed by atoms with Crippen LogP contribution in [-0.2, 0) is 36.8 Å². The molecule has 4 atom stereocenters. The molecular formula is C28H34N6O7. The van der Waals surface area contributed by atoms with Gasteiger partial charge in [0, 0.05) is 29.9 Å². The van der Waals surface area contributed by atoms with E-state index in [1.165, 1.54) is 31.2 Å². The first-order valence-corrected chi connectivity index (χ1v) is 12.9. The zero-order valence-electron chi connectivity index (χ0n) is 22.4. The van der Waals surface area contributed by atoms with Crippen LogP contribution in [0.4, 0.5) is 0 Å². The molecule has 4 unspecified atom stereocenters. The lowest BCUT2D eigenvalue weighted by atomic mass is 10.0. The van der Waals surface area contributed by atoms with E-state index in [9.17, 15) is 34.2 Å². The van der Waals surface area contributed by atoms with Gasteiger partial charge < -0.3 is 42.6 Å². The smallest absolute Gasteiger partial charge is 0.326 e. The standard InChI is InChI=1S/C28H34N6O7/c1-15(32-26(38)20(29)13-17-14-31-21-5-3-2-4-19(17)21)25(37)33-22(10-11-24(30)36)27(39)34-23(28(40)41)12-16-6-8-18(35)9-7-16/h2-9,14-15,20,22-23,31,35H,10-13,29H2,1H3,(H2,30,36)(H,32,38)(H,33,37)(H,34,39)(H,40,41). The lowest BCUT2D eigenvalue weighted by Crippen LogP contribution is -2.56. The molecule has 13 heteroatoms. The number of benzene rings is 2. The molecule has 10 N–H and O–H groups in total. The number of H-pyrrole nitrogens is 1. The molecule has 3 aromatic rings. The van der Waals surface area contributed by atoms with Gasteiger partial charge in [-0.3, -0.25) is 19.2 Å². The largest absolute Gasteiger partial charge is 0.508 e. The highest BCUT2D eigenvalue weighted by Crippen LogP contribution is 2.19. The number of nitrogens with two attached hydrogens (primary N) is 2. The van der Waals surface area contributed by atoms with Crippen molar-refractivity contribution in [2.45, 2.75) is 56.8 Å². The van der Waals surface area contributed by atoms with Gasteiger partial charge in [-0.1, -0.05) is 30.3 Å². The zero-order chi connectivity index (χ0) is 30.1. The second kappa shape index (κ2) is 13.9. The lowest BCUT2D eigenvalue weighted by Gasteiger charge is -2.23. The summed E-state index contributed by atoms with van der Waals surface area (Å²) in [5, 5.41) is 27.3. The third kappa shape index (κ3) is 8.80. The first kappa shape index (κ1) is 30.6. The van der Waals surface area contributed by atoms with Crippen molar-refractivity contribution in [1.29, 1.82) is 0 Å². The predicted octanol–water partition coefficient (Wildman–Crippen LogP) is -0.190. The fourth-order valence-corrected chi connectivity index (χ4v) is 4.21. The van der Waals surface area contributed by atoms with Crippen LogP contribution in [0.1, 0.15) is 30.9 Å². The molecule has 0 aliphatic heterocycles. The van der Waals surface area contributed by atoms with Crippen molar-refractivity contribution in [2.75, 3.05) is 0 Å². The van der Waals surface area contributed by atoms with E-state index in [1.54, 1.807) is 6.20 Å². The summed E-state index contributed by atoms with van der Waals surface area (Å²) in [6.07, 6.45) is 1.43. The summed E-state index contributed by atoms with van der Waals surface area (Å²) in [7, 11) is 0. The Morgan fingerprint density at radius 3 is 2.20 bits per heavy atom. The molecule has 0 radical (unpaired) electrons. The average Bonchev–Trinajstić information content (AvgIpc) is 3.33. The van der Waals surface area contributed by atoms with Crippen molar-refractivity contribution in [2.24, 2.45) is 11.5 Å². The molecule has 0 aliphatic rings. The lowest BCUT2D eigenvalue weighted by molar-refractivity contribution is -0.142. The van der Waals surface area contributed by atoms with Gasteiger partial charge >= 0.3 is 5.97 Å². The maximum Gasteiger partial charge on any atom is 0.326 e. The zero-order valence-corrected chi connectivity index (χ0v) is 22.4. The number of hydrogen-bond acceptors (Lipinski definition) is 7. The van der Waals surface area contributed by atoms with E-state index in [4.69, 9.17) is 11.5 Å². The molecular weight excluding hydrogens is 532 g/mol. The summed E-state index contributed by atoms with van der Waals surface area (Å²) >= 11 is 0. The van der Waals surface area contributed by atoms with Gasteiger partial charge in [-0.25, -0.2) is 4.79 Å². The van der Waals surface area contributed by atoms with Gasteiger partial charge in [0.1, 0.15) is 23.9 Å². The number of aromatic hydroxyl groups is 1. The molecule has 0 fully saturated rings. The van der Waals surface area contributed by atoms with E-state index in [0.717, 1.165) is 16.5 Å². The number of hydrogen-bond donors (Lipinski definition) is 8. The minimum atomic E-state index is -1.36. The quantitative estimate of drug-likeness (QED) is 0.130. The molecule has 0 spiro atoms. The fraction of sp³-hybridized carbons (Fsp3) is 0.321. The van der Waals surface area contributed by atoms with Crippen LogP contribution in [0.3, 0.4) is 0 Å². The van der Waals surface area contributed by atoms with E-state index < -0.39 is 53.8 Å². The molecule has 0 bridgehead atoms. The number of aromatic amines is 1. The molecule has 2 aromatic carbocycles. The molecule has 4 amide bonds. The van der Waals surface area contributed by atoms with Gasteiger partial charge in [0.2, 0.25) is 23.6 Å². The van der Waals surface area contributed by atoms with Crippen LogP contribution in [0.2, 0.25) is 0 Å². The maximum absolute atomic E-state index is 13.0. The molecule has 41 heavy (non-hydrogen) atoms. The summed E-state index contributed by atoms with van der Waals surface area (Å²) in [4.78, 5) is 64.9. The van der Waals surface area contributed by atoms with Gasteiger partial charge in [-0.05, 0) is 49.1 Å². The topological polar surface area (TPSA) is 230 Å². The Morgan fingerprint density at radius 2 is 1.54 bits per heavy atom. The number of amides is 4. The normalized spacial score (nSPS) is 13.9. The number of rotatable bonds is 14. The third-order valence-electron chi connectivity index (χ3n) is 6.51. The van der Waals surface area contributed by atoms with Crippen LogP contribution in [0.25, 0.3) is 10.9 Å². The van der Waals surface area contributed by atoms with Crippen molar-refractivity contribution >= 4 is 40.5 Å². The number of carboxylic acid groups (broad SMARTS) is 1. The highest BCUT2D eigenvalue weighted by atomic mass is 16.4. The van der Waals surface area contributed by atoms with E-state index >= 15 is 0 Å². The first-order chi connectivity index (χ1) is 19.4. The monoisotopic (exact) mass is 566 g/mol. The summed E-state index contributed by atoms with van der Waals surface area (Å²) in [6.45, 7) is 1.40. The van der Waals surface area contributed by atoms with Crippen LogP contribution >= 0.6 is 0 Å². The van der Waals surface area contributed by atoms with Crippen LogP contribution in [0, 0.1) is 0 Å². The Bertz CT molecular complexity index is 1400. The highest BCUT2D eigenvalue weighted by Gasteiger charge is 2.29. The van der Waals surface area contributed by atoms with Gasteiger partial charge in [0.25, 0.3) is 0 Å². The van der Waals surface area contributed by atoms with Crippen molar-refractivity contribution in [1.82, 2.24) is 20.9 Å². The number of nitrogens with one attached hydrogen (secondary N) is 4. The van der Waals surface area contributed by atoms with E-state index in [-0.39, 0.29) is 31.4 Å². The molecule has 0 saturated heterocycles. The third-order valence-corrected chi connectivity index (χ3v) is 6.51. The molecule has 3 rings (SSSR count). The second-order valence-corrected chi connectivity index (χ2v) is 9.74. The summed E-state index contributed by atoms with van der Waals surface area (Å²) < 4.78 is 0. The van der Waals surface area contributed by atoms with Gasteiger partial charge in [0.05, 0.1) is 6.04 Å². The average molecular weight is 567 g/mol. The van der Waals surface area contributed by atoms with E-state index in [1.807, 2.05) is 24.3 Å². The Kier molecular flexibility index (Phi) is 10.4. The number of carbonyl (C=O) groups excluding carboxylic acids is 4. The van der Waals surface area contributed by atoms with Crippen LogP contribution in [0.15, 0.2) is 54.7 Å². The minimum absolute atomic E-state index is 0.000907. The van der Waals surface area contributed by atoms with Gasteiger partial charge in [-0.2, -0.15) is 0 Å². The second-order valence-electron chi connectivity index (χ2n) is 9.74. The Balaban J connectivity index is 1.61. The molecule has 0 aliphatic carbocycles. The van der Waals surface area contributed by atoms with E-state index in [2.05, 4.69) is 20.9 Å². The molecule has 0 saturated carbocycles. The number of primary amides is 1. The molecule has 1 aromatic heterocycles. The van der Waals surface area contributed by atoms with Crippen molar-refractivity contribution in [3.8, 4) is 5.75 Å². The Morgan fingerprint density at radius 1 is 0.878 bits per heavy atom. The number of carboxylic acids is 1. The van der Waals surface area contributed by atoms with Crippen molar-refractivity contribution in [3.63, 3.8) is 0 Å². The van der Waals surface area contributed by atoms with Gasteiger partial charge in [0.15, 0.2) is 0 Å². The number of phenolic OH excluding ortho intramolecular Hbond substituents is 1. The Labute approximate surface area is 235 Å². The minimum Gasteiger partial charge on any atom is -0.508 e. The fourth-order valence-electron chi connectivity index (χ4n) is 4.21. The molecule has 13 nitrogen and oxygen atoms in total. The predicted molar refractivity (Wildman–Crippen MR) is 149 cm³/mol. The number of fused-ring (bicyclic) bond motifs is 1. The summed E-state index contributed by atoms with van der Waals surface area (Å²) in [5.41, 5.74) is 13.6. The van der Waals surface area contributed by atoms with Crippen LogP contribution in [0.5, 0.6) is 5.75 Å². The van der Waals surface area contributed by atoms with Crippen LogP contribution < -0.4 is 27.4 Å². The van der Waals surface area contributed by atoms with Crippen molar-refractivity contribution in [3.05, 3.63) is 65.9 Å². The number of phenols is 1. The highest BCUT2D eigenvalue weighted by molar-refractivity contribution is 5.94. The number of para-hydroxylation sites is 1. The summed E-state index contributed by atoms with van der Waals surface area (Å²) in [6, 6.07) is 8.60. The SMILES string of the molecule is CC(NC(=O)C(N)Cc1c[nH]c2ccccc12)C(=O)NC(CCC(N)=O)C(=O)NC(Cc1ccc(O)cc1)C(=O)O. The maximum atomic E-state index is 13.0. The van der Waals surface area contributed by atoms with E-state index in [0.29, 0.717) is 5.56 Å². The summed E-state index contributed by atoms with van der Waals surface area (Å²) in [5.74, 6) is -4.22. The number of aromatic nitrogens is 1. The number of carbonyl (C=O) groups is 5.